The molecular weight excluding hydrogens is 210 g/mol. The van der Waals surface area contributed by atoms with Gasteiger partial charge in [0.15, 0.2) is 0 Å². The van der Waals surface area contributed by atoms with E-state index in [1.165, 1.54) is 6.92 Å². The average molecular weight is 219 g/mol. The summed E-state index contributed by atoms with van der Waals surface area (Å²) in [6.45, 7) is 1.49. The van der Waals surface area contributed by atoms with Crippen molar-refractivity contribution >= 4 is 5.97 Å². The van der Waals surface area contributed by atoms with Crippen LogP contribution < -0.4 is 0 Å². The maximum absolute atomic E-state index is 10.7. The van der Waals surface area contributed by atoms with E-state index < -0.39 is 11.9 Å². The molecule has 0 radical (unpaired) electrons. The second-order valence-corrected chi connectivity index (χ2v) is 3.25. The lowest BCUT2D eigenvalue weighted by Gasteiger charge is -1.97. The van der Waals surface area contributed by atoms with Gasteiger partial charge in [0, 0.05) is 12.4 Å². The van der Waals surface area contributed by atoms with Gasteiger partial charge >= 0.3 is 5.97 Å². The molecule has 1 N–H and O–H groups in total. The second kappa shape index (κ2) is 4.09. The van der Waals surface area contributed by atoms with Gasteiger partial charge in [-0.25, -0.2) is 0 Å². The third-order valence-electron chi connectivity index (χ3n) is 2.09. The van der Waals surface area contributed by atoms with Crippen LogP contribution in [0.3, 0.4) is 0 Å². The van der Waals surface area contributed by atoms with E-state index in [2.05, 4.69) is 15.2 Å². The SMILES string of the molecule is CC(C(=O)O)c1nnc(-c2cccnc2)o1. The minimum absolute atomic E-state index is 0.0892. The van der Waals surface area contributed by atoms with Crippen molar-refractivity contribution in [1.29, 1.82) is 0 Å². The first-order chi connectivity index (χ1) is 7.68. The molecule has 0 amide bonds. The Balaban J connectivity index is 2.30. The van der Waals surface area contributed by atoms with Crippen LogP contribution in [-0.2, 0) is 4.79 Å². The standard InChI is InChI=1S/C10H9N3O3/c1-6(10(14)15)8-12-13-9(16-8)7-3-2-4-11-5-7/h2-6H,1H3,(H,14,15). The first-order valence-electron chi connectivity index (χ1n) is 4.65. The van der Waals surface area contributed by atoms with E-state index in [0.717, 1.165) is 0 Å². The number of hydrogen-bond donors (Lipinski definition) is 1. The minimum Gasteiger partial charge on any atom is -0.481 e. The van der Waals surface area contributed by atoms with Crippen LogP contribution in [0.1, 0.15) is 18.7 Å². The molecular formula is C10H9N3O3. The molecule has 6 heteroatoms. The highest BCUT2D eigenvalue weighted by molar-refractivity contribution is 5.74. The molecule has 0 aliphatic heterocycles. The van der Waals surface area contributed by atoms with Crippen molar-refractivity contribution in [1.82, 2.24) is 15.2 Å². The lowest BCUT2D eigenvalue weighted by atomic mass is 10.2. The number of hydrogen-bond acceptors (Lipinski definition) is 5. The summed E-state index contributed by atoms with van der Waals surface area (Å²) in [5, 5.41) is 16.2. The molecule has 6 nitrogen and oxygen atoms in total. The molecule has 0 saturated carbocycles. The van der Waals surface area contributed by atoms with Crippen LogP contribution >= 0.6 is 0 Å². The summed E-state index contributed by atoms with van der Waals surface area (Å²) in [5.41, 5.74) is 0.666. The Labute approximate surface area is 91.0 Å². The highest BCUT2D eigenvalue weighted by atomic mass is 16.4. The molecule has 0 bridgehead atoms. The first-order valence-corrected chi connectivity index (χ1v) is 4.65. The maximum atomic E-state index is 10.7. The molecule has 0 spiro atoms. The van der Waals surface area contributed by atoms with Crippen LogP contribution in [0, 0.1) is 0 Å². The summed E-state index contributed by atoms with van der Waals surface area (Å²) >= 11 is 0. The molecule has 0 saturated heterocycles. The topological polar surface area (TPSA) is 89.1 Å². The van der Waals surface area contributed by atoms with Gasteiger partial charge < -0.3 is 9.52 Å². The number of nitrogens with zero attached hydrogens (tertiary/aromatic N) is 3. The highest BCUT2D eigenvalue weighted by Crippen LogP contribution is 2.20. The van der Waals surface area contributed by atoms with E-state index in [0.29, 0.717) is 5.56 Å². The van der Waals surface area contributed by atoms with Gasteiger partial charge in [-0.05, 0) is 19.1 Å². The largest absolute Gasteiger partial charge is 0.481 e. The Morgan fingerprint density at radius 2 is 2.31 bits per heavy atom. The van der Waals surface area contributed by atoms with Gasteiger partial charge in [0.05, 0.1) is 5.56 Å². The van der Waals surface area contributed by atoms with Gasteiger partial charge in [0.2, 0.25) is 11.8 Å². The third-order valence-corrected chi connectivity index (χ3v) is 2.09. The van der Waals surface area contributed by atoms with Gasteiger partial charge in [-0.1, -0.05) is 0 Å². The van der Waals surface area contributed by atoms with E-state index in [4.69, 9.17) is 9.52 Å². The molecule has 1 atom stereocenters. The zero-order valence-electron chi connectivity index (χ0n) is 8.49. The summed E-state index contributed by atoms with van der Waals surface area (Å²) in [7, 11) is 0. The Kier molecular flexibility index (Phi) is 2.63. The number of carboxylic acid groups (broad SMARTS) is 1. The molecule has 2 aromatic rings. The zero-order chi connectivity index (χ0) is 11.5. The van der Waals surface area contributed by atoms with Crippen LogP contribution in [0.25, 0.3) is 11.5 Å². The van der Waals surface area contributed by atoms with E-state index >= 15 is 0 Å². The number of aromatic nitrogens is 3. The summed E-state index contributed by atoms with van der Waals surface area (Å²) in [4.78, 5) is 14.6. The van der Waals surface area contributed by atoms with Gasteiger partial charge in [-0.3, -0.25) is 9.78 Å². The van der Waals surface area contributed by atoms with Crippen molar-refractivity contribution in [2.24, 2.45) is 0 Å². The number of carbonyl (C=O) groups is 1. The molecule has 0 fully saturated rings. The summed E-state index contributed by atoms with van der Waals surface area (Å²) < 4.78 is 5.25. The van der Waals surface area contributed by atoms with Crippen LogP contribution in [0.2, 0.25) is 0 Å². The van der Waals surface area contributed by atoms with Crippen LogP contribution in [-0.4, -0.2) is 26.3 Å². The monoisotopic (exact) mass is 219 g/mol. The number of carboxylic acids is 1. The maximum Gasteiger partial charge on any atom is 0.315 e. The van der Waals surface area contributed by atoms with Crippen molar-refractivity contribution < 1.29 is 14.3 Å². The Bertz CT molecular complexity index is 495. The quantitative estimate of drug-likeness (QED) is 0.837. The van der Waals surface area contributed by atoms with Crippen molar-refractivity contribution in [3.8, 4) is 11.5 Å². The van der Waals surface area contributed by atoms with E-state index in [-0.39, 0.29) is 11.8 Å². The molecule has 16 heavy (non-hydrogen) atoms. The van der Waals surface area contributed by atoms with Crippen LogP contribution in [0.15, 0.2) is 28.9 Å². The molecule has 2 rings (SSSR count). The number of aliphatic carboxylic acids is 1. The molecule has 0 aliphatic carbocycles. The van der Waals surface area contributed by atoms with Gasteiger partial charge in [0.1, 0.15) is 5.92 Å². The van der Waals surface area contributed by atoms with Crippen LogP contribution in [0.4, 0.5) is 0 Å². The van der Waals surface area contributed by atoms with E-state index in [9.17, 15) is 4.79 Å². The Hall–Kier alpha value is -2.24. The lowest BCUT2D eigenvalue weighted by molar-refractivity contribution is -0.138. The average Bonchev–Trinajstić information content (AvgIpc) is 2.78. The highest BCUT2D eigenvalue weighted by Gasteiger charge is 2.21. The molecule has 2 heterocycles. The van der Waals surface area contributed by atoms with Gasteiger partial charge in [-0.15, -0.1) is 10.2 Å². The zero-order valence-corrected chi connectivity index (χ0v) is 8.49. The fraction of sp³-hybridized carbons (Fsp3) is 0.200. The molecule has 0 aliphatic rings. The Morgan fingerprint density at radius 3 is 2.94 bits per heavy atom. The van der Waals surface area contributed by atoms with Crippen molar-refractivity contribution in [3.05, 3.63) is 30.4 Å². The lowest BCUT2D eigenvalue weighted by Crippen LogP contribution is -2.07. The summed E-state index contributed by atoms with van der Waals surface area (Å²) in [6, 6.07) is 3.50. The fourth-order valence-corrected chi connectivity index (χ4v) is 1.12. The normalized spacial score (nSPS) is 12.3. The summed E-state index contributed by atoms with van der Waals surface area (Å²) in [5.74, 6) is -1.44. The Morgan fingerprint density at radius 1 is 1.50 bits per heavy atom. The van der Waals surface area contributed by atoms with Gasteiger partial charge in [0.25, 0.3) is 0 Å². The van der Waals surface area contributed by atoms with Crippen LogP contribution in [0.5, 0.6) is 0 Å². The first kappa shape index (κ1) is 10.3. The smallest absolute Gasteiger partial charge is 0.315 e. The fourth-order valence-electron chi connectivity index (χ4n) is 1.12. The second-order valence-electron chi connectivity index (χ2n) is 3.25. The molecule has 0 aromatic carbocycles. The predicted molar refractivity (Wildman–Crippen MR) is 53.6 cm³/mol. The van der Waals surface area contributed by atoms with Gasteiger partial charge in [-0.2, -0.15) is 0 Å². The van der Waals surface area contributed by atoms with E-state index in [1.807, 2.05) is 0 Å². The van der Waals surface area contributed by atoms with Crippen molar-refractivity contribution in [2.45, 2.75) is 12.8 Å². The van der Waals surface area contributed by atoms with Crippen molar-refractivity contribution in [3.63, 3.8) is 0 Å². The molecule has 1 unspecified atom stereocenters. The number of pyridine rings is 1. The molecule has 2 aromatic heterocycles. The minimum atomic E-state index is -0.999. The summed E-state index contributed by atoms with van der Waals surface area (Å²) in [6.07, 6.45) is 3.20. The number of rotatable bonds is 3. The molecule has 82 valence electrons. The predicted octanol–water partition coefficient (Wildman–Crippen LogP) is 1.32. The third kappa shape index (κ3) is 1.90. The van der Waals surface area contributed by atoms with E-state index in [1.54, 1.807) is 24.5 Å². The van der Waals surface area contributed by atoms with Crippen molar-refractivity contribution in [2.75, 3.05) is 0 Å².